The number of pyridine rings is 1. The van der Waals surface area contributed by atoms with Crippen molar-refractivity contribution in [2.45, 2.75) is 31.8 Å². The lowest BCUT2D eigenvalue weighted by Crippen LogP contribution is -2.52. The molecule has 0 unspecified atom stereocenters. The molecule has 0 saturated carbocycles. The van der Waals surface area contributed by atoms with E-state index in [1.165, 1.54) is 0 Å². The molecule has 2 rings (SSSR count). The Bertz CT molecular complexity index is 591. The number of urea groups is 1. The first-order chi connectivity index (χ1) is 10.5. The van der Waals surface area contributed by atoms with Crippen LogP contribution in [0.15, 0.2) is 24.4 Å². The number of carbonyl (C=O) groups is 1. The van der Waals surface area contributed by atoms with Crippen LogP contribution in [0.1, 0.15) is 25.0 Å². The minimum Gasteiger partial charge on any atom is -0.332 e. The topological polar surface area (TPSA) is 91.4 Å². The highest BCUT2D eigenvalue weighted by Gasteiger charge is 2.27. The Morgan fingerprint density at radius 3 is 2.91 bits per heavy atom. The summed E-state index contributed by atoms with van der Waals surface area (Å²) in [6.45, 7) is 1.27. The number of carbonyl (C=O) groups excluding carboxylic acids is 1. The Morgan fingerprint density at radius 1 is 1.41 bits per heavy atom. The summed E-state index contributed by atoms with van der Waals surface area (Å²) in [7, 11) is -3.25. The third kappa shape index (κ3) is 5.27. The number of hydrogen-bond acceptors (Lipinski definition) is 4. The monoisotopic (exact) mass is 326 g/mol. The van der Waals surface area contributed by atoms with Crippen LogP contribution < -0.4 is 10.0 Å². The van der Waals surface area contributed by atoms with Crippen LogP contribution in [-0.2, 0) is 16.6 Å². The molecule has 7 nitrogen and oxygen atoms in total. The molecule has 0 aliphatic carbocycles. The van der Waals surface area contributed by atoms with E-state index >= 15 is 0 Å². The zero-order valence-electron chi connectivity index (χ0n) is 12.7. The van der Waals surface area contributed by atoms with Crippen LogP contribution in [0.25, 0.3) is 0 Å². The van der Waals surface area contributed by atoms with Gasteiger partial charge in [0.1, 0.15) is 0 Å². The molecular formula is C14H22N4O3S. The average molecular weight is 326 g/mol. The molecule has 1 fully saturated rings. The Labute approximate surface area is 131 Å². The van der Waals surface area contributed by atoms with Gasteiger partial charge in [-0.3, -0.25) is 4.98 Å². The molecule has 1 aromatic heterocycles. The van der Waals surface area contributed by atoms with Crippen molar-refractivity contribution >= 4 is 16.1 Å². The third-order valence-electron chi connectivity index (χ3n) is 3.62. The summed E-state index contributed by atoms with van der Waals surface area (Å²) in [6.07, 6.45) is 5.55. The van der Waals surface area contributed by atoms with Gasteiger partial charge in [0.2, 0.25) is 10.0 Å². The fraction of sp³-hybridized carbons (Fsp3) is 0.571. The highest BCUT2D eigenvalue weighted by atomic mass is 32.2. The second kappa shape index (κ2) is 7.55. The van der Waals surface area contributed by atoms with Crippen LogP contribution >= 0.6 is 0 Å². The molecule has 1 aliphatic heterocycles. The van der Waals surface area contributed by atoms with Gasteiger partial charge in [-0.1, -0.05) is 6.07 Å². The maximum absolute atomic E-state index is 12.3. The summed E-state index contributed by atoms with van der Waals surface area (Å²) in [5, 5.41) is 2.84. The van der Waals surface area contributed by atoms with E-state index in [1.54, 1.807) is 11.1 Å². The van der Waals surface area contributed by atoms with E-state index in [0.29, 0.717) is 13.1 Å². The molecule has 8 heteroatoms. The molecule has 2 amide bonds. The average Bonchev–Trinajstić information content (AvgIpc) is 2.51. The van der Waals surface area contributed by atoms with Crippen LogP contribution in [0.4, 0.5) is 4.79 Å². The maximum atomic E-state index is 12.3. The summed E-state index contributed by atoms with van der Waals surface area (Å²) in [6, 6.07) is 5.26. The van der Waals surface area contributed by atoms with Crippen molar-refractivity contribution in [2.24, 2.45) is 0 Å². The fourth-order valence-corrected chi connectivity index (χ4v) is 2.99. The molecule has 0 bridgehead atoms. The lowest BCUT2D eigenvalue weighted by molar-refractivity contribution is 0.151. The molecule has 1 atom stereocenters. The first-order valence-electron chi connectivity index (χ1n) is 7.35. The molecule has 122 valence electrons. The zero-order chi connectivity index (χ0) is 16.0. The normalized spacial score (nSPS) is 19.0. The van der Waals surface area contributed by atoms with Gasteiger partial charge in [-0.15, -0.1) is 0 Å². The molecule has 1 aromatic rings. The molecule has 2 heterocycles. The number of nitrogens with one attached hydrogen (secondary N) is 2. The number of likely N-dealkylation sites (tertiary alicyclic amines) is 1. The van der Waals surface area contributed by atoms with Gasteiger partial charge in [-0.05, 0) is 31.4 Å². The predicted octanol–water partition coefficient (Wildman–Crippen LogP) is 0.695. The van der Waals surface area contributed by atoms with Crippen molar-refractivity contribution in [3.63, 3.8) is 0 Å². The fourth-order valence-electron chi connectivity index (χ4n) is 2.50. The van der Waals surface area contributed by atoms with Crippen molar-refractivity contribution in [3.05, 3.63) is 30.1 Å². The highest BCUT2D eigenvalue weighted by molar-refractivity contribution is 7.88. The van der Waals surface area contributed by atoms with E-state index in [0.717, 1.165) is 31.2 Å². The van der Waals surface area contributed by atoms with Crippen LogP contribution in [0.5, 0.6) is 0 Å². The summed E-state index contributed by atoms with van der Waals surface area (Å²) < 4.78 is 24.9. The van der Waals surface area contributed by atoms with Crippen molar-refractivity contribution in [2.75, 3.05) is 19.3 Å². The van der Waals surface area contributed by atoms with Gasteiger partial charge in [0.05, 0.1) is 18.5 Å². The number of sulfonamides is 1. The second-order valence-corrected chi connectivity index (χ2v) is 7.28. The Morgan fingerprint density at radius 2 is 2.23 bits per heavy atom. The molecule has 0 aromatic carbocycles. The van der Waals surface area contributed by atoms with Crippen molar-refractivity contribution in [1.29, 1.82) is 0 Å². The third-order valence-corrected chi connectivity index (χ3v) is 4.31. The number of hydrogen-bond donors (Lipinski definition) is 2. The van der Waals surface area contributed by atoms with Crippen molar-refractivity contribution < 1.29 is 13.2 Å². The van der Waals surface area contributed by atoms with Gasteiger partial charge >= 0.3 is 6.03 Å². The number of aromatic nitrogens is 1. The largest absolute Gasteiger partial charge is 0.332 e. The van der Waals surface area contributed by atoms with E-state index in [2.05, 4.69) is 15.0 Å². The van der Waals surface area contributed by atoms with Crippen LogP contribution in [0.2, 0.25) is 0 Å². The minimum absolute atomic E-state index is 0.104. The standard InChI is InChI=1S/C14H22N4O3S/c1-22(20,21)17-11-13-7-3-5-9-18(13)14(19)16-10-12-6-2-4-8-15-12/h2,4,6,8,13,17H,3,5,7,9-11H2,1H3,(H,16,19)/t13-/m0/s1. The SMILES string of the molecule is CS(=O)(=O)NC[C@@H]1CCCCN1C(=O)NCc1ccccn1. The first-order valence-corrected chi connectivity index (χ1v) is 9.24. The number of piperidine rings is 1. The first kappa shape index (κ1) is 16.7. The van der Waals surface area contributed by atoms with E-state index in [-0.39, 0.29) is 18.6 Å². The Balaban J connectivity index is 1.90. The predicted molar refractivity (Wildman–Crippen MR) is 83.7 cm³/mol. The van der Waals surface area contributed by atoms with Crippen molar-refractivity contribution in [1.82, 2.24) is 19.9 Å². The van der Waals surface area contributed by atoms with Gasteiger partial charge in [-0.25, -0.2) is 17.9 Å². The van der Waals surface area contributed by atoms with E-state index in [9.17, 15) is 13.2 Å². The lowest BCUT2D eigenvalue weighted by Gasteiger charge is -2.35. The minimum atomic E-state index is -3.25. The van der Waals surface area contributed by atoms with E-state index in [1.807, 2.05) is 18.2 Å². The van der Waals surface area contributed by atoms with Gasteiger partial charge < -0.3 is 10.2 Å². The van der Waals surface area contributed by atoms with Crippen LogP contribution in [0.3, 0.4) is 0 Å². The van der Waals surface area contributed by atoms with Gasteiger partial charge in [0, 0.05) is 25.3 Å². The summed E-state index contributed by atoms with van der Waals surface area (Å²) in [5.74, 6) is 0. The summed E-state index contributed by atoms with van der Waals surface area (Å²) >= 11 is 0. The Kier molecular flexibility index (Phi) is 5.73. The van der Waals surface area contributed by atoms with E-state index < -0.39 is 10.0 Å². The molecular weight excluding hydrogens is 304 g/mol. The second-order valence-electron chi connectivity index (χ2n) is 5.44. The van der Waals surface area contributed by atoms with Crippen LogP contribution in [-0.4, -0.2) is 49.7 Å². The van der Waals surface area contributed by atoms with Crippen LogP contribution in [0, 0.1) is 0 Å². The Hall–Kier alpha value is -1.67. The molecule has 22 heavy (non-hydrogen) atoms. The van der Waals surface area contributed by atoms with Gasteiger partial charge in [0.25, 0.3) is 0 Å². The number of nitrogens with zero attached hydrogens (tertiary/aromatic N) is 2. The number of rotatable bonds is 5. The molecule has 1 aliphatic rings. The molecule has 0 spiro atoms. The van der Waals surface area contributed by atoms with Gasteiger partial charge in [0.15, 0.2) is 0 Å². The number of amides is 2. The summed E-state index contributed by atoms with van der Waals surface area (Å²) in [4.78, 5) is 18.2. The van der Waals surface area contributed by atoms with E-state index in [4.69, 9.17) is 0 Å². The summed E-state index contributed by atoms with van der Waals surface area (Å²) in [5.41, 5.74) is 0.790. The zero-order valence-corrected chi connectivity index (χ0v) is 13.5. The molecule has 2 N–H and O–H groups in total. The van der Waals surface area contributed by atoms with Crippen molar-refractivity contribution in [3.8, 4) is 0 Å². The van der Waals surface area contributed by atoms with Gasteiger partial charge in [-0.2, -0.15) is 0 Å². The smallest absolute Gasteiger partial charge is 0.318 e. The molecule has 1 saturated heterocycles. The maximum Gasteiger partial charge on any atom is 0.318 e. The highest BCUT2D eigenvalue weighted by Crippen LogP contribution is 2.16. The molecule has 0 radical (unpaired) electrons. The quantitative estimate of drug-likeness (QED) is 0.833. The lowest BCUT2D eigenvalue weighted by atomic mass is 10.0.